The van der Waals surface area contributed by atoms with Gasteiger partial charge in [0.25, 0.3) is 5.91 Å². The van der Waals surface area contributed by atoms with Crippen LogP contribution in [0.25, 0.3) is 0 Å². The molecule has 1 N–H and O–H groups in total. The number of rotatable bonds is 8. The molecule has 0 radical (unpaired) electrons. The van der Waals surface area contributed by atoms with Crippen molar-refractivity contribution in [3.8, 4) is 0 Å². The molecular formula is C31H34N2O6S. The second-order valence-electron chi connectivity index (χ2n) is 12.6. The second kappa shape index (κ2) is 10.1. The monoisotopic (exact) mass is 562 g/mol. The Bertz CT molecular complexity index is 1350. The minimum absolute atomic E-state index is 0.112. The number of hydrogen-bond acceptors (Lipinski definition) is 7. The summed E-state index contributed by atoms with van der Waals surface area (Å²) < 4.78 is 11.6. The summed E-state index contributed by atoms with van der Waals surface area (Å²) in [4.78, 5) is 52.3. The van der Waals surface area contributed by atoms with E-state index < -0.39 is 11.9 Å². The first kappa shape index (κ1) is 25.9. The van der Waals surface area contributed by atoms with Gasteiger partial charge in [0.2, 0.25) is 11.8 Å². The summed E-state index contributed by atoms with van der Waals surface area (Å²) in [6.07, 6.45) is 8.77. The molecule has 3 amide bonds. The molecule has 8 rings (SSSR count). The van der Waals surface area contributed by atoms with E-state index in [1.807, 2.05) is 24.3 Å². The van der Waals surface area contributed by atoms with E-state index in [1.54, 1.807) is 22.7 Å². The first-order chi connectivity index (χ1) is 19.3. The normalized spacial score (nSPS) is 30.5. The zero-order chi connectivity index (χ0) is 27.4. The Morgan fingerprint density at radius 1 is 1.02 bits per heavy atom. The van der Waals surface area contributed by atoms with Gasteiger partial charge >= 0.3 is 5.97 Å². The first-order valence-electron chi connectivity index (χ1n) is 14.5. The lowest BCUT2D eigenvalue weighted by Gasteiger charge is -2.56. The number of imide groups is 1. The highest BCUT2D eigenvalue weighted by Crippen LogP contribution is 2.61. The van der Waals surface area contributed by atoms with Crippen LogP contribution in [-0.4, -0.2) is 34.6 Å². The number of carbonyl (C=O) groups is 4. The van der Waals surface area contributed by atoms with Gasteiger partial charge in [-0.15, -0.1) is 11.8 Å². The highest BCUT2D eigenvalue weighted by Gasteiger charge is 2.51. The lowest BCUT2D eigenvalue weighted by Crippen LogP contribution is -2.52. The Balaban J connectivity index is 0.935. The molecule has 1 saturated heterocycles. The number of thioether (sulfide) groups is 1. The van der Waals surface area contributed by atoms with Crippen LogP contribution >= 0.6 is 11.8 Å². The van der Waals surface area contributed by atoms with E-state index in [0.29, 0.717) is 36.5 Å². The van der Waals surface area contributed by atoms with Crippen LogP contribution in [0.4, 0.5) is 0 Å². The molecular weight excluding hydrogens is 528 g/mol. The first-order valence-corrected chi connectivity index (χ1v) is 15.5. The van der Waals surface area contributed by atoms with Gasteiger partial charge in [-0.1, -0.05) is 6.07 Å². The third-order valence-corrected chi connectivity index (χ3v) is 10.8. The van der Waals surface area contributed by atoms with Gasteiger partial charge in [-0.05, 0) is 97.9 Å². The molecule has 4 bridgehead atoms. The van der Waals surface area contributed by atoms with Crippen molar-refractivity contribution in [1.82, 2.24) is 10.2 Å². The van der Waals surface area contributed by atoms with Crippen molar-refractivity contribution in [2.45, 2.75) is 87.6 Å². The Hall–Kier alpha value is -3.07. The number of benzene rings is 1. The van der Waals surface area contributed by atoms with Gasteiger partial charge in [0.05, 0.1) is 12.2 Å². The van der Waals surface area contributed by atoms with E-state index in [2.05, 4.69) is 5.32 Å². The number of carbonyl (C=O) groups excluding carboxylic acids is 4. The third-order valence-electron chi connectivity index (χ3n) is 9.69. The predicted molar refractivity (Wildman–Crippen MR) is 146 cm³/mol. The van der Waals surface area contributed by atoms with Crippen molar-refractivity contribution < 1.29 is 28.3 Å². The molecule has 4 saturated carbocycles. The summed E-state index contributed by atoms with van der Waals surface area (Å²) in [6.45, 7) is 0.485. The smallest absolute Gasteiger partial charge is 0.306 e. The van der Waals surface area contributed by atoms with E-state index in [1.165, 1.54) is 38.5 Å². The molecule has 3 heterocycles. The number of nitrogens with one attached hydrogen (secondary N) is 1. The number of esters is 1. The fraction of sp³-hybridized carbons (Fsp3) is 0.548. The number of fused-ring (bicyclic) bond motifs is 1. The molecule has 4 aliphatic carbocycles. The second-order valence-corrected chi connectivity index (χ2v) is 13.6. The van der Waals surface area contributed by atoms with Crippen LogP contribution in [0.3, 0.4) is 0 Å². The number of furan rings is 1. The summed E-state index contributed by atoms with van der Waals surface area (Å²) in [7, 11) is 0. The largest absolute Gasteiger partial charge is 0.462 e. The van der Waals surface area contributed by atoms with Crippen molar-refractivity contribution in [3.05, 3.63) is 53.0 Å². The van der Waals surface area contributed by atoms with Gasteiger partial charge in [-0.25, -0.2) is 0 Å². The molecule has 8 nitrogen and oxygen atoms in total. The van der Waals surface area contributed by atoms with Gasteiger partial charge in [0.1, 0.15) is 24.2 Å². The Labute approximate surface area is 237 Å². The van der Waals surface area contributed by atoms with Gasteiger partial charge in [-0.2, -0.15) is 0 Å². The van der Waals surface area contributed by atoms with Crippen molar-refractivity contribution >= 4 is 35.5 Å². The van der Waals surface area contributed by atoms with Crippen LogP contribution in [0, 0.1) is 23.2 Å². The highest BCUT2D eigenvalue weighted by molar-refractivity contribution is 7.98. The number of nitrogens with zero attached hydrogens (tertiary/aromatic N) is 1. The van der Waals surface area contributed by atoms with Crippen molar-refractivity contribution in [2.75, 3.05) is 0 Å². The molecule has 2 aromatic rings. The highest BCUT2D eigenvalue weighted by atomic mass is 32.2. The zero-order valence-electron chi connectivity index (χ0n) is 22.5. The summed E-state index contributed by atoms with van der Waals surface area (Å²) in [6, 6.07) is 8.74. The maximum Gasteiger partial charge on any atom is 0.306 e. The lowest BCUT2D eigenvalue weighted by molar-refractivity contribution is -0.153. The van der Waals surface area contributed by atoms with Crippen LogP contribution < -0.4 is 5.32 Å². The molecule has 2 aliphatic heterocycles. The Morgan fingerprint density at radius 3 is 2.48 bits per heavy atom. The molecule has 1 aromatic carbocycles. The van der Waals surface area contributed by atoms with Crippen LogP contribution in [0.5, 0.6) is 0 Å². The van der Waals surface area contributed by atoms with E-state index in [0.717, 1.165) is 34.0 Å². The van der Waals surface area contributed by atoms with Crippen molar-refractivity contribution in [2.24, 2.45) is 23.2 Å². The van der Waals surface area contributed by atoms with E-state index in [-0.39, 0.29) is 36.2 Å². The molecule has 9 heteroatoms. The zero-order valence-corrected chi connectivity index (χ0v) is 23.3. The molecule has 6 aliphatic rings. The van der Waals surface area contributed by atoms with E-state index >= 15 is 0 Å². The van der Waals surface area contributed by atoms with Crippen LogP contribution in [0.1, 0.15) is 85.2 Å². The quantitative estimate of drug-likeness (QED) is 0.275. The Morgan fingerprint density at radius 2 is 1.75 bits per heavy atom. The number of piperidine rings is 1. The van der Waals surface area contributed by atoms with Crippen LogP contribution in [-0.2, 0) is 38.0 Å². The summed E-state index contributed by atoms with van der Waals surface area (Å²) in [5.74, 6) is 3.40. The molecule has 0 spiro atoms. The van der Waals surface area contributed by atoms with Crippen LogP contribution in [0.2, 0.25) is 0 Å². The number of ether oxygens (including phenoxy) is 1. The molecule has 210 valence electrons. The standard InChI is InChI=1S/C31H34N2O6S/c34-27-7-6-25(29(36)32-27)33-15-24-23(30(33)37)2-1-3-26(24)40-17-22-5-4-21(39-22)16-38-28(35)14-31-11-18-8-19(12-31)10-20(9-18)13-31/h1-5,18-20,25H,6-17H2,(H,32,34,36). The summed E-state index contributed by atoms with van der Waals surface area (Å²) >= 11 is 1.57. The number of amides is 3. The molecule has 1 atom stereocenters. The minimum Gasteiger partial charge on any atom is -0.462 e. The topological polar surface area (TPSA) is 106 Å². The minimum atomic E-state index is -0.631. The molecule has 1 unspecified atom stereocenters. The summed E-state index contributed by atoms with van der Waals surface area (Å²) in [5, 5.41) is 2.35. The predicted octanol–water partition coefficient (Wildman–Crippen LogP) is 4.98. The summed E-state index contributed by atoms with van der Waals surface area (Å²) in [5.41, 5.74) is 1.66. The average molecular weight is 563 g/mol. The maximum absolute atomic E-state index is 13.1. The molecule has 5 fully saturated rings. The van der Waals surface area contributed by atoms with E-state index in [4.69, 9.17) is 9.15 Å². The average Bonchev–Trinajstić information content (AvgIpc) is 3.50. The maximum atomic E-state index is 13.1. The Kier molecular flexibility index (Phi) is 6.52. The van der Waals surface area contributed by atoms with Crippen molar-refractivity contribution in [1.29, 1.82) is 0 Å². The SMILES string of the molecule is O=C1CCC(N2Cc3c(SCc4ccc(COC(=O)CC56CC7CC(CC(C7)C5)C6)o4)cccc3C2=O)C(=O)N1. The lowest BCUT2D eigenvalue weighted by atomic mass is 9.49. The van der Waals surface area contributed by atoms with E-state index in [9.17, 15) is 19.2 Å². The van der Waals surface area contributed by atoms with Gasteiger partial charge < -0.3 is 14.1 Å². The fourth-order valence-corrected chi connectivity index (χ4v) is 9.41. The number of hydrogen-bond donors (Lipinski definition) is 1. The van der Waals surface area contributed by atoms with Gasteiger partial charge in [0.15, 0.2) is 0 Å². The fourth-order valence-electron chi connectivity index (χ4n) is 8.43. The van der Waals surface area contributed by atoms with Crippen LogP contribution in [0.15, 0.2) is 39.6 Å². The van der Waals surface area contributed by atoms with Gasteiger partial charge in [-0.3, -0.25) is 24.5 Å². The molecule has 40 heavy (non-hydrogen) atoms. The van der Waals surface area contributed by atoms with Crippen molar-refractivity contribution in [3.63, 3.8) is 0 Å². The third kappa shape index (κ3) is 4.86. The molecule has 1 aromatic heterocycles. The van der Waals surface area contributed by atoms with Gasteiger partial charge in [0, 0.05) is 23.4 Å².